The summed E-state index contributed by atoms with van der Waals surface area (Å²) in [6.07, 6.45) is 2.04. The lowest BCUT2D eigenvalue weighted by Crippen LogP contribution is -2.23. The second-order valence-electron chi connectivity index (χ2n) is 7.95. The number of fused-ring (bicyclic) bond motifs is 1. The molecule has 0 aliphatic carbocycles. The van der Waals surface area contributed by atoms with Gasteiger partial charge in [0.05, 0.1) is 35.3 Å². The number of nitro benzene ring substituents is 1. The average Bonchev–Trinajstić information content (AvgIpc) is 2.87. The normalized spacial score (nSPS) is 12.0. The van der Waals surface area contributed by atoms with Crippen LogP contribution in [0.25, 0.3) is 10.9 Å². The third-order valence-corrected chi connectivity index (χ3v) is 5.90. The molecule has 0 aliphatic rings. The van der Waals surface area contributed by atoms with Crippen molar-refractivity contribution >= 4 is 44.7 Å². The molecule has 0 amide bonds. The topological polar surface area (TPSA) is 135 Å². The second-order valence-corrected chi connectivity index (χ2v) is 8.87. The van der Waals surface area contributed by atoms with Gasteiger partial charge in [-0.1, -0.05) is 29.8 Å². The van der Waals surface area contributed by atoms with Crippen LogP contribution in [0.15, 0.2) is 44.7 Å². The van der Waals surface area contributed by atoms with Crippen LogP contribution in [0.2, 0.25) is 0 Å². The highest BCUT2D eigenvalue weighted by Crippen LogP contribution is 2.38. The SMILES string of the molecule is CCOC(=O)COc1c(OCC)cc(C=Nn2c([C@@H](C)CC)nc3ccc(Br)cc3c2=O)cc1[N+](=O)[O-]. The van der Waals surface area contributed by atoms with Crippen LogP contribution < -0.4 is 15.0 Å². The number of carbonyl (C=O) groups is 1. The molecule has 11 nitrogen and oxygen atoms in total. The van der Waals surface area contributed by atoms with Gasteiger partial charge in [0, 0.05) is 22.0 Å². The minimum absolute atomic E-state index is 0.0533. The van der Waals surface area contributed by atoms with Crippen LogP contribution in [-0.4, -0.2) is 46.6 Å². The molecule has 0 bridgehead atoms. The Morgan fingerprint density at radius 2 is 1.97 bits per heavy atom. The number of hydrogen-bond acceptors (Lipinski definition) is 9. The standard InChI is InChI=1S/C25H27BrN4O7/c1-5-15(4)24-28-19-9-8-17(26)12-18(19)25(32)29(24)27-13-16-10-20(30(33)34)23(21(11-16)35-6-2)37-14-22(31)36-7-3/h8-13,15H,5-7,14H2,1-4H3/t15-/m0/s1. The fourth-order valence-corrected chi connectivity index (χ4v) is 3.82. The van der Waals surface area contributed by atoms with E-state index in [1.165, 1.54) is 23.0 Å². The quantitative estimate of drug-likeness (QED) is 0.138. The van der Waals surface area contributed by atoms with Gasteiger partial charge in [0.25, 0.3) is 5.56 Å². The summed E-state index contributed by atoms with van der Waals surface area (Å²) in [5, 5.41) is 16.6. The van der Waals surface area contributed by atoms with Gasteiger partial charge in [-0.3, -0.25) is 14.9 Å². The van der Waals surface area contributed by atoms with E-state index >= 15 is 0 Å². The van der Waals surface area contributed by atoms with Crippen LogP contribution in [0.4, 0.5) is 5.69 Å². The first-order chi connectivity index (χ1) is 17.7. The number of carbonyl (C=O) groups excluding carboxylic acids is 1. The molecule has 3 aromatic rings. The Morgan fingerprint density at radius 3 is 2.62 bits per heavy atom. The first kappa shape index (κ1) is 27.8. The van der Waals surface area contributed by atoms with Crippen molar-refractivity contribution in [1.82, 2.24) is 9.66 Å². The Balaban J connectivity index is 2.12. The summed E-state index contributed by atoms with van der Waals surface area (Å²) >= 11 is 3.38. The van der Waals surface area contributed by atoms with Crippen molar-refractivity contribution in [3.8, 4) is 11.5 Å². The van der Waals surface area contributed by atoms with Crippen LogP contribution in [-0.2, 0) is 9.53 Å². The summed E-state index contributed by atoms with van der Waals surface area (Å²) < 4.78 is 17.7. The molecule has 0 spiro atoms. The van der Waals surface area contributed by atoms with Crippen LogP contribution >= 0.6 is 15.9 Å². The molecule has 1 heterocycles. The van der Waals surface area contributed by atoms with Crippen molar-refractivity contribution < 1.29 is 23.9 Å². The first-order valence-corrected chi connectivity index (χ1v) is 12.5. The minimum atomic E-state index is -0.669. The Morgan fingerprint density at radius 1 is 1.22 bits per heavy atom. The molecule has 1 atom stereocenters. The highest BCUT2D eigenvalue weighted by atomic mass is 79.9. The molecule has 0 N–H and O–H groups in total. The molecule has 196 valence electrons. The lowest BCUT2D eigenvalue weighted by molar-refractivity contribution is -0.385. The van der Waals surface area contributed by atoms with Gasteiger partial charge in [-0.25, -0.2) is 9.78 Å². The fourth-order valence-electron chi connectivity index (χ4n) is 3.46. The number of aromatic nitrogens is 2. The van der Waals surface area contributed by atoms with Gasteiger partial charge < -0.3 is 14.2 Å². The number of nitrogens with zero attached hydrogens (tertiary/aromatic N) is 4. The molecule has 37 heavy (non-hydrogen) atoms. The predicted molar refractivity (Wildman–Crippen MR) is 142 cm³/mol. The molecule has 2 aromatic carbocycles. The van der Waals surface area contributed by atoms with E-state index in [1.54, 1.807) is 26.0 Å². The molecule has 0 aliphatic heterocycles. The van der Waals surface area contributed by atoms with Crippen molar-refractivity contribution in [3.05, 3.63) is 66.7 Å². The van der Waals surface area contributed by atoms with E-state index in [1.807, 2.05) is 19.9 Å². The lowest BCUT2D eigenvalue weighted by atomic mass is 10.1. The van der Waals surface area contributed by atoms with Crippen molar-refractivity contribution in [1.29, 1.82) is 0 Å². The smallest absolute Gasteiger partial charge is 0.344 e. The highest BCUT2D eigenvalue weighted by molar-refractivity contribution is 9.10. The summed E-state index contributed by atoms with van der Waals surface area (Å²) in [5.41, 5.74) is 0.0424. The van der Waals surface area contributed by atoms with Crippen LogP contribution in [0.5, 0.6) is 11.5 Å². The molecule has 0 unspecified atom stereocenters. The number of esters is 1. The van der Waals surface area contributed by atoms with Gasteiger partial charge in [-0.05, 0) is 44.5 Å². The molecule has 0 fully saturated rings. The van der Waals surface area contributed by atoms with E-state index in [0.717, 1.165) is 10.9 Å². The predicted octanol–water partition coefficient (Wildman–Crippen LogP) is 4.80. The zero-order chi connectivity index (χ0) is 27.1. The summed E-state index contributed by atoms with van der Waals surface area (Å²) in [6.45, 7) is 7.08. The Labute approximate surface area is 221 Å². The maximum Gasteiger partial charge on any atom is 0.344 e. The number of hydrogen-bond donors (Lipinski definition) is 0. The third-order valence-electron chi connectivity index (χ3n) is 5.40. The van der Waals surface area contributed by atoms with E-state index in [2.05, 4.69) is 26.0 Å². The Bertz CT molecular complexity index is 1400. The van der Waals surface area contributed by atoms with Crippen LogP contribution in [0, 0.1) is 10.1 Å². The highest BCUT2D eigenvalue weighted by Gasteiger charge is 2.24. The largest absolute Gasteiger partial charge is 0.490 e. The number of halogens is 1. The molecule has 0 saturated carbocycles. The Hall–Kier alpha value is -3.80. The average molecular weight is 575 g/mol. The lowest BCUT2D eigenvalue weighted by Gasteiger charge is -2.14. The molecule has 3 rings (SSSR count). The van der Waals surface area contributed by atoms with E-state index in [-0.39, 0.29) is 41.8 Å². The third kappa shape index (κ3) is 6.50. The van der Waals surface area contributed by atoms with Gasteiger partial charge >= 0.3 is 11.7 Å². The van der Waals surface area contributed by atoms with Gasteiger partial charge in [-0.15, -0.1) is 0 Å². The number of rotatable bonds is 11. The second kappa shape index (κ2) is 12.4. The van der Waals surface area contributed by atoms with E-state index in [4.69, 9.17) is 14.2 Å². The van der Waals surface area contributed by atoms with E-state index in [0.29, 0.717) is 16.7 Å². The fraction of sp³-hybridized carbons (Fsp3) is 0.360. The monoisotopic (exact) mass is 574 g/mol. The number of benzene rings is 2. The van der Waals surface area contributed by atoms with Crippen molar-refractivity contribution in [3.63, 3.8) is 0 Å². The Kier molecular flexibility index (Phi) is 9.34. The van der Waals surface area contributed by atoms with Gasteiger partial charge in [0.2, 0.25) is 5.75 Å². The van der Waals surface area contributed by atoms with Gasteiger partial charge in [0.15, 0.2) is 12.4 Å². The van der Waals surface area contributed by atoms with E-state index < -0.39 is 23.2 Å². The molecular weight excluding hydrogens is 548 g/mol. The van der Waals surface area contributed by atoms with Gasteiger partial charge in [-0.2, -0.15) is 9.78 Å². The van der Waals surface area contributed by atoms with E-state index in [9.17, 15) is 19.7 Å². The molecule has 1 aromatic heterocycles. The maximum absolute atomic E-state index is 13.3. The van der Waals surface area contributed by atoms with Crippen molar-refractivity contribution in [2.24, 2.45) is 5.10 Å². The number of ether oxygens (including phenoxy) is 3. The molecule has 0 saturated heterocycles. The minimum Gasteiger partial charge on any atom is -0.490 e. The van der Waals surface area contributed by atoms with Crippen molar-refractivity contribution in [2.45, 2.75) is 40.0 Å². The van der Waals surface area contributed by atoms with Crippen LogP contribution in [0.1, 0.15) is 51.4 Å². The molecule has 12 heteroatoms. The zero-order valence-electron chi connectivity index (χ0n) is 20.9. The maximum atomic E-state index is 13.3. The summed E-state index contributed by atoms with van der Waals surface area (Å²) in [6, 6.07) is 7.95. The summed E-state index contributed by atoms with van der Waals surface area (Å²) in [4.78, 5) is 40.9. The number of nitro groups is 1. The molecular formula is C25H27BrN4O7. The summed E-state index contributed by atoms with van der Waals surface area (Å²) in [5.74, 6) is -0.432. The van der Waals surface area contributed by atoms with Crippen LogP contribution in [0.3, 0.4) is 0 Å². The zero-order valence-corrected chi connectivity index (χ0v) is 22.5. The molecule has 0 radical (unpaired) electrons. The van der Waals surface area contributed by atoms with Gasteiger partial charge in [0.1, 0.15) is 5.82 Å². The summed E-state index contributed by atoms with van der Waals surface area (Å²) in [7, 11) is 0. The first-order valence-electron chi connectivity index (χ1n) is 11.7. The van der Waals surface area contributed by atoms with Crippen molar-refractivity contribution in [2.75, 3.05) is 19.8 Å².